The van der Waals surface area contributed by atoms with Crippen molar-refractivity contribution in [2.24, 2.45) is 11.8 Å². The van der Waals surface area contributed by atoms with E-state index in [2.05, 4.69) is 0 Å². The zero-order valence-electron chi connectivity index (χ0n) is 11.1. The number of carbonyl (C=O) groups is 1. The van der Waals surface area contributed by atoms with E-state index in [1.165, 1.54) is 12.1 Å². The first-order valence-electron chi connectivity index (χ1n) is 6.68. The van der Waals surface area contributed by atoms with Crippen molar-refractivity contribution in [3.8, 4) is 0 Å². The Balaban J connectivity index is 2.32. The van der Waals surface area contributed by atoms with Gasteiger partial charge in [0.1, 0.15) is 5.82 Å². The van der Waals surface area contributed by atoms with Crippen LogP contribution in [0, 0.1) is 24.6 Å². The molecule has 110 valence electrons. The summed E-state index contributed by atoms with van der Waals surface area (Å²) >= 11 is 0. The first-order valence-corrected chi connectivity index (χ1v) is 6.68. The Hall–Kier alpha value is -1.39. The fourth-order valence-corrected chi connectivity index (χ4v) is 2.90. The summed E-state index contributed by atoms with van der Waals surface area (Å²) in [5, 5.41) is 0. The molecule has 0 radical (unpaired) electrons. The van der Waals surface area contributed by atoms with Gasteiger partial charge in [0.25, 0.3) is 0 Å². The lowest BCUT2D eigenvalue weighted by Crippen LogP contribution is -2.37. The first kappa shape index (κ1) is 15.0. The lowest BCUT2D eigenvalue weighted by molar-refractivity contribution is -0.190. The number of alkyl halides is 3. The van der Waals surface area contributed by atoms with Gasteiger partial charge in [0.05, 0.1) is 5.92 Å². The lowest BCUT2D eigenvalue weighted by Gasteiger charge is -2.32. The maximum Gasteiger partial charge on any atom is 0.392 e. The molecular weight excluding hydrogens is 272 g/mol. The van der Waals surface area contributed by atoms with Gasteiger partial charge in [-0.25, -0.2) is 4.39 Å². The second-order valence-corrected chi connectivity index (χ2v) is 5.36. The predicted molar refractivity (Wildman–Crippen MR) is 67.0 cm³/mol. The monoisotopic (exact) mass is 288 g/mol. The molecule has 0 aliphatic heterocycles. The maximum atomic E-state index is 13.2. The molecule has 0 spiro atoms. The van der Waals surface area contributed by atoms with Crippen LogP contribution in [0.1, 0.15) is 41.6 Å². The molecule has 1 fully saturated rings. The summed E-state index contributed by atoms with van der Waals surface area (Å²) in [4.78, 5) is 12.4. The van der Waals surface area contributed by atoms with Crippen molar-refractivity contribution in [1.82, 2.24) is 0 Å². The van der Waals surface area contributed by atoms with Crippen LogP contribution in [0.5, 0.6) is 0 Å². The standard InChI is InChI=1S/C15H16F4O/c1-9-6-7-10(16)8-12(9)14(20)11-4-2-3-5-13(11)15(17,18)19/h6-8,11,13H,2-5H2,1H3. The van der Waals surface area contributed by atoms with Gasteiger partial charge in [-0.1, -0.05) is 18.9 Å². The van der Waals surface area contributed by atoms with Crippen LogP contribution < -0.4 is 0 Å². The van der Waals surface area contributed by atoms with Gasteiger partial charge in [0, 0.05) is 11.5 Å². The average molecular weight is 288 g/mol. The van der Waals surface area contributed by atoms with E-state index >= 15 is 0 Å². The van der Waals surface area contributed by atoms with Gasteiger partial charge < -0.3 is 0 Å². The van der Waals surface area contributed by atoms with Gasteiger partial charge in [0.2, 0.25) is 0 Å². The lowest BCUT2D eigenvalue weighted by atomic mass is 9.74. The molecule has 0 N–H and O–H groups in total. The van der Waals surface area contributed by atoms with Crippen LogP contribution >= 0.6 is 0 Å². The van der Waals surface area contributed by atoms with Crippen molar-refractivity contribution in [1.29, 1.82) is 0 Å². The third-order valence-electron chi connectivity index (χ3n) is 3.99. The molecule has 0 saturated heterocycles. The largest absolute Gasteiger partial charge is 0.392 e. The molecule has 1 aromatic rings. The predicted octanol–water partition coefficient (Wildman–Crippen LogP) is 4.69. The van der Waals surface area contributed by atoms with Gasteiger partial charge in [0.15, 0.2) is 5.78 Å². The van der Waals surface area contributed by atoms with Crippen LogP contribution in [0.3, 0.4) is 0 Å². The quantitative estimate of drug-likeness (QED) is 0.570. The number of hydrogen-bond acceptors (Lipinski definition) is 1. The Bertz CT molecular complexity index is 507. The van der Waals surface area contributed by atoms with Crippen LogP contribution in [-0.4, -0.2) is 12.0 Å². The number of Topliss-reactive ketones (excluding diaryl/α,β-unsaturated/α-hetero) is 1. The minimum atomic E-state index is -4.37. The van der Waals surface area contributed by atoms with Crippen molar-refractivity contribution in [3.63, 3.8) is 0 Å². The topological polar surface area (TPSA) is 17.1 Å². The van der Waals surface area contributed by atoms with Crippen molar-refractivity contribution < 1.29 is 22.4 Å². The highest BCUT2D eigenvalue weighted by molar-refractivity contribution is 5.99. The Kier molecular flexibility index (Phi) is 4.16. The molecule has 1 saturated carbocycles. The molecule has 0 bridgehead atoms. The number of ketones is 1. The highest BCUT2D eigenvalue weighted by atomic mass is 19.4. The molecule has 20 heavy (non-hydrogen) atoms. The molecule has 0 amide bonds. The van der Waals surface area contributed by atoms with E-state index in [1.807, 2.05) is 0 Å². The molecule has 2 atom stereocenters. The van der Waals surface area contributed by atoms with Gasteiger partial charge in [-0.05, 0) is 37.5 Å². The summed E-state index contributed by atoms with van der Waals surface area (Å²) < 4.78 is 52.3. The fourth-order valence-electron chi connectivity index (χ4n) is 2.90. The molecule has 2 rings (SSSR count). The average Bonchev–Trinajstić information content (AvgIpc) is 2.40. The molecule has 5 heteroatoms. The summed E-state index contributed by atoms with van der Waals surface area (Å²) in [6, 6.07) is 3.67. The highest BCUT2D eigenvalue weighted by Gasteiger charge is 2.48. The van der Waals surface area contributed by atoms with Crippen LogP contribution in [0.15, 0.2) is 18.2 Å². The summed E-state index contributed by atoms with van der Waals surface area (Å²) in [6.07, 6.45) is -3.08. The van der Waals surface area contributed by atoms with E-state index in [1.54, 1.807) is 6.92 Å². The summed E-state index contributed by atoms with van der Waals surface area (Å²) in [5.74, 6) is -3.86. The zero-order chi connectivity index (χ0) is 14.9. The zero-order valence-corrected chi connectivity index (χ0v) is 11.1. The third kappa shape index (κ3) is 3.02. The Morgan fingerprint density at radius 3 is 2.50 bits per heavy atom. The number of halogens is 4. The van der Waals surface area contributed by atoms with Gasteiger partial charge in [-0.3, -0.25) is 4.79 Å². The van der Waals surface area contributed by atoms with Crippen LogP contribution in [-0.2, 0) is 0 Å². The Morgan fingerprint density at radius 1 is 1.20 bits per heavy atom. The van der Waals surface area contributed by atoms with Crippen molar-refractivity contribution in [2.45, 2.75) is 38.8 Å². The van der Waals surface area contributed by atoms with E-state index in [4.69, 9.17) is 0 Å². The molecule has 1 aliphatic rings. The van der Waals surface area contributed by atoms with Crippen molar-refractivity contribution in [2.75, 3.05) is 0 Å². The number of benzene rings is 1. The van der Waals surface area contributed by atoms with E-state index in [0.717, 1.165) is 6.07 Å². The number of rotatable bonds is 2. The molecule has 0 heterocycles. The summed E-state index contributed by atoms with van der Waals surface area (Å²) in [7, 11) is 0. The molecule has 0 aromatic heterocycles. The maximum absolute atomic E-state index is 13.2. The third-order valence-corrected chi connectivity index (χ3v) is 3.99. The SMILES string of the molecule is Cc1ccc(F)cc1C(=O)C1CCCCC1C(F)(F)F. The smallest absolute Gasteiger partial charge is 0.294 e. The van der Waals surface area contributed by atoms with Crippen LogP contribution in [0.2, 0.25) is 0 Å². The highest BCUT2D eigenvalue weighted by Crippen LogP contribution is 2.43. The molecule has 1 aliphatic carbocycles. The molecule has 1 nitrogen and oxygen atoms in total. The van der Waals surface area contributed by atoms with E-state index < -0.39 is 29.6 Å². The van der Waals surface area contributed by atoms with Gasteiger partial charge in [-0.15, -0.1) is 0 Å². The normalized spacial score (nSPS) is 23.6. The second-order valence-electron chi connectivity index (χ2n) is 5.36. The minimum Gasteiger partial charge on any atom is -0.294 e. The number of carbonyl (C=O) groups excluding carboxylic acids is 1. The van der Waals surface area contributed by atoms with Crippen LogP contribution in [0.4, 0.5) is 17.6 Å². The Labute approximate surface area is 115 Å². The first-order chi connectivity index (χ1) is 9.30. The number of hydrogen-bond donors (Lipinski definition) is 0. The molecule has 1 aromatic carbocycles. The summed E-state index contributed by atoms with van der Waals surface area (Å²) in [6.45, 7) is 1.61. The molecular formula is C15H16F4O. The van der Waals surface area contributed by atoms with Crippen molar-refractivity contribution in [3.05, 3.63) is 35.1 Å². The van der Waals surface area contributed by atoms with Gasteiger partial charge in [-0.2, -0.15) is 13.2 Å². The summed E-state index contributed by atoms with van der Waals surface area (Å²) in [5.41, 5.74) is 0.592. The van der Waals surface area contributed by atoms with Gasteiger partial charge >= 0.3 is 6.18 Å². The fraction of sp³-hybridized carbons (Fsp3) is 0.533. The van der Waals surface area contributed by atoms with Crippen molar-refractivity contribution >= 4 is 5.78 Å². The van der Waals surface area contributed by atoms with E-state index in [-0.39, 0.29) is 18.4 Å². The molecule has 2 unspecified atom stereocenters. The second kappa shape index (κ2) is 5.54. The van der Waals surface area contributed by atoms with E-state index in [9.17, 15) is 22.4 Å². The van der Waals surface area contributed by atoms with Crippen LogP contribution in [0.25, 0.3) is 0 Å². The Morgan fingerprint density at radius 2 is 1.85 bits per heavy atom. The van der Waals surface area contributed by atoms with E-state index in [0.29, 0.717) is 18.4 Å². The minimum absolute atomic E-state index is 0.0196. The number of aryl methyl sites for hydroxylation is 1.